The van der Waals surface area contributed by atoms with Crippen LogP contribution in [0.1, 0.15) is 33.6 Å². The van der Waals surface area contributed by atoms with Crippen molar-refractivity contribution in [1.29, 1.82) is 0 Å². The number of ketones is 1. The van der Waals surface area contributed by atoms with Gasteiger partial charge in [-0.05, 0) is 43.2 Å². The van der Waals surface area contributed by atoms with Gasteiger partial charge in [0, 0.05) is 21.3 Å². The minimum Gasteiger partial charge on any atom is -0.292 e. The van der Waals surface area contributed by atoms with Gasteiger partial charge < -0.3 is 0 Å². The summed E-state index contributed by atoms with van der Waals surface area (Å²) in [6.07, 6.45) is 0.669. The number of alkyl halides is 2. The molecule has 2 fully saturated rings. The number of hydrazine groups is 1. The number of imide groups is 1. The van der Waals surface area contributed by atoms with Gasteiger partial charge in [-0.1, -0.05) is 44.0 Å². The summed E-state index contributed by atoms with van der Waals surface area (Å²) < 4.78 is 13.3. The lowest BCUT2D eigenvalue weighted by Crippen LogP contribution is -2.52. The predicted octanol–water partition coefficient (Wildman–Crippen LogP) is 3.90. The van der Waals surface area contributed by atoms with E-state index in [9.17, 15) is 33.7 Å². The van der Waals surface area contributed by atoms with Gasteiger partial charge in [-0.25, -0.2) is 9.40 Å². The molecule has 0 bridgehead atoms. The van der Waals surface area contributed by atoms with E-state index >= 15 is 0 Å². The Hall–Kier alpha value is -2.99. The second kappa shape index (κ2) is 9.94. The Morgan fingerprint density at radius 3 is 2.09 bits per heavy atom. The van der Waals surface area contributed by atoms with E-state index in [2.05, 4.69) is 31.9 Å². The van der Waals surface area contributed by atoms with Crippen LogP contribution in [-0.4, -0.2) is 54.6 Å². The monoisotopic (exact) mass is 609 g/mol. The molecule has 0 N–H and O–H groups in total. The Balaban J connectivity index is 1.74. The van der Waals surface area contributed by atoms with Crippen molar-refractivity contribution < 1.29 is 28.5 Å². The third-order valence-electron chi connectivity index (χ3n) is 6.15. The number of nitro groups is 1. The van der Waals surface area contributed by atoms with E-state index in [0.29, 0.717) is 22.9 Å². The van der Waals surface area contributed by atoms with Gasteiger partial charge in [0.05, 0.1) is 16.8 Å². The van der Waals surface area contributed by atoms with Crippen LogP contribution in [0.5, 0.6) is 0 Å². The van der Waals surface area contributed by atoms with Crippen molar-refractivity contribution in [1.82, 2.24) is 10.0 Å². The smallest absolute Gasteiger partial charge is 0.282 e. The lowest BCUT2D eigenvalue weighted by Gasteiger charge is -2.30. The van der Waals surface area contributed by atoms with Gasteiger partial charge in [-0.15, -0.1) is 0 Å². The quantitative estimate of drug-likeness (QED) is 0.161. The molecule has 1 aliphatic heterocycles. The number of Topliss-reactive ketones (excluding diaryl/α,β-unsaturated/α-hetero) is 1. The number of hydrogen-bond donors (Lipinski definition) is 0. The highest BCUT2D eigenvalue weighted by Gasteiger charge is 2.55. The van der Waals surface area contributed by atoms with E-state index in [1.807, 2.05) is 0 Å². The number of benzene rings is 2. The maximum absolute atomic E-state index is 13.5. The molecule has 2 aromatic carbocycles. The molecule has 1 saturated carbocycles. The average Bonchev–Trinajstić information content (AvgIpc) is 3.06. The molecule has 0 unspecified atom stereocenters. The number of hydrogen-bond acceptors (Lipinski definition) is 6. The summed E-state index contributed by atoms with van der Waals surface area (Å²) >= 11 is 6.99. The fraction of sp³-hybridized carbons (Fsp3) is 0.304. The van der Waals surface area contributed by atoms with Crippen molar-refractivity contribution in [2.75, 3.05) is 6.54 Å². The summed E-state index contributed by atoms with van der Waals surface area (Å²) in [5.41, 5.74) is -0.866. The molecule has 4 atom stereocenters. The first-order valence-electron chi connectivity index (χ1n) is 10.6. The molecule has 0 aromatic heterocycles. The van der Waals surface area contributed by atoms with Crippen molar-refractivity contribution in [2.45, 2.75) is 22.5 Å². The highest BCUT2D eigenvalue weighted by Crippen LogP contribution is 2.43. The number of carbonyl (C=O) groups excluding carboxylic acids is 4. The topological polar surface area (TPSA) is 118 Å². The molecular formula is C23H18Br2FN3O6. The van der Waals surface area contributed by atoms with E-state index in [1.165, 1.54) is 30.3 Å². The van der Waals surface area contributed by atoms with E-state index in [-0.39, 0.29) is 20.8 Å². The van der Waals surface area contributed by atoms with Crippen LogP contribution in [0.2, 0.25) is 0 Å². The Labute approximate surface area is 215 Å². The van der Waals surface area contributed by atoms with Gasteiger partial charge in [0.1, 0.15) is 17.9 Å². The Kier molecular flexibility index (Phi) is 7.13. The van der Waals surface area contributed by atoms with Crippen molar-refractivity contribution >= 4 is 61.1 Å². The summed E-state index contributed by atoms with van der Waals surface area (Å²) in [5.74, 6) is -5.00. The van der Waals surface area contributed by atoms with E-state index in [4.69, 9.17) is 0 Å². The summed E-state index contributed by atoms with van der Waals surface area (Å²) in [4.78, 5) is 63.8. The van der Waals surface area contributed by atoms with Crippen LogP contribution in [0.3, 0.4) is 0 Å². The number of rotatable bonds is 6. The van der Waals surface area contributed by atoms with Crippen LogP contribution in [0.15, 0.2) is 48.5 Å². The minimum absolute atomic E-state index is 0.0457. The Bertz CT molecular complexity index is 1200. The Morgan fingerprint density at radius 2 is 1.54 bits per heavy atom. The van der Waals surface area contributed by atoms with Gasteiger partial charge >= 0.3 is 0 Å². The van der Waals surface area contributed by atoms with Crippen LogP contribution >= 0.6 is 31.9 Å². The van der Waals surface area contributed by atoms with Crippen molar-refractivity contribution in [3.63, 3.8) is 0 Å². The maximum Gasteiger partial charge on any atom is 0.282 e. The number of fused-ring (bicyclic) bond motifs is 1. The van der Waals surface area contributed by atoms with E-state index in [0.717, 1.165) is 18.2 Å². The van der Waals surface area contributed by atoms with Gasteiger partial charge in [-0.2, -0.15) is 5.01 Å². The maximum atomic E-state index is 13.5. The molecule has 35 heavy (non-hydrogen) atoms. The van der Waals surface area contributed by atoms with Crippen molar-refractivity contribution in [3.8, 4) is 0 Å². The number of amides is 3. The first kappa shape index (κ1) is 25.1. The van der Waals surface area contributed by atoms with Crippen LogP contribution in [0.4, 0.5) is 10.1 Å². The van der Waals surface area contributed by atoms with Crippen molar-refractivity contribution in [3.05, 3.63) is 75.6 Å². The van der Waals surface area contributed by atoms with E-state index < -0.39 is 58.3 Å². The number of carbonyl (C=O) groups is 4. The Morgan fingerprint density at radius 1 is 1.00 bits per heavy atom. The molecule has 12 heteroatoms. The molecule has 2 aliphatic rings. The zero-order valence-electron chi connectivity index (χ0n) is 18.0. The zero-order chi connectivity index (χ0) is 25.4. The largest absolute Gasteiger partial charge is 0.292 e. The molecule has 2 aromatic rings. The van der Waals surface area contributed by atoms with E-state index in [1.54, 1.807) is 0 Å². The second-order valence-corrected chi connectivity index (χ2v) is 10.6. The van der Waals surface area contributed by atoms with Crippen LogP contribution in [-0.2, 0) is 9.59 Å². The summed E-state index contributed by atoms with van der Waals surface area (Å²) in [7, 11) is 0. The third-order valence-corrected chi connectivity index (χ3v) is 8.89. The molecule has 0 spiro atoms. The number of nitro benzene ring substituents is 1. The standard InChI is InChI=1S/C23H18Br2FN3O6/c24-17-9-15-16(10-18(17)25)23(33)28(22(15)32)27(11-20(30)12-5-7-13(26)8-6-12)21(31)14-3-1-2-4-19(14)29(34)35/h1-8,15-18H,9-11H2/t15-,16+,17+,18-. The van der Waals surface area contributed by atoms with Crippen LogP contribution in [0.25, 0.3) is 0 Å². The highest BCUT2D eigenvalue weighted by atomic mass is 79.9. The summed E-state index contributed by atoms with van der Waals surface area (Å²) in [6, 6.07) is 9.63. The molecule has 9 nitrogen and oxygen atoms in total. The molecule has 4 rings (SSSR count). The first-order chi connectivity index (χ1) is 16.6. The molecule has 1 aliphatic carbocycles. The van der Waals surface area contributed by atoms with Gasteiger partial charge in [-0.3, -0.25) is 29.3 Å². The minimum atomic E-state index is -1.04. The molecule has 3 amide bonds. The van der Waals surface area contributed by atoms with Crippen LogP contribution in [0, 0.1) is 27.8 Å². The molecular weight excluding hydrogens is 593 g/mol. The van der Waals surface area contributed by atoms with Gasteiger partial charge in [0.25, 0.3) is 23.4 Å². The number of para-hydroxylation sites is 1. The fourth-order valence-electron chi connectivity index (χ4n) is 4.36. The van der Waals surface area contributed by atoms with Crippen LogP contribution < -0.4 is 0 Å². The normalized spacial score (nSPS) is 23.7. The van der Waals surface area contributed by atoms with Gasteiger partial charge in [0.2, 0.25) is 0 Å². The summed E-state index contributed by atoms with van der Waals surface area (Å²) in [5, 5.41) is 12.8. The summed E-state index contributed by atoms with van der Waals surface area (Å²) in [6.45, 7) is -0.747. The third kappa shape index (κ3) is 4.76. The van der Waals surface area contributed by atoms with Gasteiger partial charge in [0.15, 0.2) is 5.78 Å². The second-order valence-electron chi connectivity index (χ2n) is 8.27. The fourth-order valence-corrected chi connectivity index (χ4v) is 5.60. The molecule has 1 saturated heterocycles. The average molecular weight is 611 g/mol. The molecule has 1 heterocycles. The zero-order valence-corrected chi connectivity index (χ0v) is 21.1. The van der Waals surface area contributed by atoms with Crippen molar-refractivity contribution in [2.24, 2.45) is 11.8 Å². The predicted molar refractivity (Wildman–Crippen MR) is 128 cm³/mol. The molecule has 182 valence electrons. The number of nitrogens with zero attached hydrogens (tertiary/aromatic N) is 3. The first-order valence-corrected chi connectivity index (χ1v) is 12.4. The SMILES string of the molecule is O=C(CN(C(=O)c1ccccc1[N+](=O)[O-])N1C(=O)[C@H]2C[C@@H](Br)[C@@H](Br)C[C@H]2C1=O)c1ccc(F)cc1. The lowest BCUT2D eigenvalue weighted by molar-refractivity contribution is -0.385. The highest BCUT2D eigenvalue weighted by molar-refractivity contribution is 9.12. The number of halogens is 3. The molecule has 0 radical (unpaired) electrons. The lowest BCUT2D eigenvalue weighted by atomic mass is 9.81.